The maximum absolute atomic E-state index is 13.1. The number of hydrogen-bond acceptors (Lipinski definition) is 4. The van der Waals surface area contributed by atoms with Crippen molar-refractivity contribution in [3.8, 4) is 5.75 Å². The highest BCUT2D eigenvalue weighted by molar-refractivity contribution is 6.07. The number of imide groups is 1. The van der Waals surface area contributed by atoms with Gasteiger partial charge in [-0.05, 0) is 55.6 Å². The number of carbonyl (C=O) groups is 2. The molecule has 1 aromatic rings. The second kappa shape index (κ2) is 7.39. The molecule has 154 valence electrons. The van der Waals surface area contributed by atoms with Crippen LogP contribution in [0.5, 0.6) is 5.75 Å². The van der Waals surface area contributed by atoms with Crippen LogP contribution in [-0.4, -0.2) is 46.7 Å². The first-order valence-corrected chi connectivity index (χ1v) is 10.0. The summed E-state index contributed by atoms with van der Waals surface area (Å²) in [5, 5.41) is 13.4. The summed E-state index contributed by atoms with van der Waals surface area (Å²) in [6, 6.07) is 5.43. The van der Waals surface area contributed by atoms with E-state index >= 15 is 0 Å². The first-order valence-electron chi connectivity index (χ1n) is 10.0. The largest absolute Gasteiger partial charge is 0.490 e. The predicted molar refractivity (Wildman–Crippen MR) is 107 cm³/mol. The fraction of sp³-hybridized carbons (Fsp3) is 0.636. The van der Waals surface area contributed by atoms with Crippen LogP contribution in [0.3, 0.4) is 0 Å². The molecule has 3 atom stereocenters. The van der Waals surface area contributed by atoms with E-state index in [1.54, 1.807) is 0 Å². The van der Waals surface area contributed by atoms with Gasteiger partial charge in [-0.3, -0.25) is 9.69 Å². The van der Waals surface area contributed by atoms with E-state index in [9.17, 15) is 14.7 Å². The molecule has 1 aliphatic carbocycles. The van der Waals surface area contributed by atoms with Crippen LogP contribution in [0.25, 0.3) is 0 Å². The van der Waals surface area contributed by atoms with Gasteiger partial charge in [-0.15, -0.1) is 0 Å². The molecule has 0 bridgehead atoms. The molecule has 6 nitrogen and oxygen atoms in total. The minimum atomic E-state index is -0.946. The van der Waals surface area contributed by atoms with Crippen LogP contribution in [-0.2, 0) is 4.79 Å². The Morgan fingerprint density at radius 3 is 2.50 bits per heavy atom. The summed E-state index contributed by atoms with van der Waals surface area (Å²) >= 11 is 0. The van der Waals surface area contributed by atoms with Gasteiger partial charge in [-0.25, -0.2) is 4.79 Å². The molecule has 6 heteroatoms. The van der Waals surface area contributed by atoms with Crippen LogP contribution in [0, 0.1) is 25.2 Å². The molecule has 2 N–H and O–H groups in total. The van der Waals surface area contributed by atoms with Crippen LogP contribution >= 0.6 is 0 Å². The van der Waals surface area contributed by atoms with Gasteiger partial charge >= 0.3 is 6.03 Å². The fourth-order valence-corrected chi connectivity index (χ4v) is 5.14. The zero-order valence-corrected chi connectivity index (χ0v) is 17.5. The number of nitrogens with one attached hydrogen (secondary N) is 1. The molecule has 0 radical (unpaired) electrons. The van der Waals surface area contributed by atoms with Gasteiger partial charge in [0.1, 0.15) is 24.0 Å². The standard InChI is InChI=1S/C22H32N2O4/c1-14-9-21(4,5)13-22(10-14)19(26)24(20(27)23-22)11-17(25)12-28-18-15(2)7-6-8-16(18)3/h6-8,14,17,25H,9-13H2,1-5H3,(H,23,27). The van der Waals surface area contributed by atoms with E-state index in [4.69, 9.17) is 4.74 Å². The van der Waals surface area contributed by atoms with Gasteiger partial charge in [0, 0.05) is 0 Å². The maximum Gasteiger partial charge on any atom is 0.325 e. The molecule has 28 heavy (non-hydrogen) atoms. The summed E-state index contributed by atoms with van der Waals surface area (Å²) in [5.74, 6) is 0.867. The molecular weight excluding hydrogens is 356 g/mol. The van der Waals surface area contributed by atoms with E-state index in [0.717, 1.165) is 28.2 Å². The number of carbonyl (C=O) groups excluding carboxylic acids is 2. The molecule has 1 aliphatic heterocycles. The van der Waals surface area contributed by atoms with E-state index in [0.29, 0.717) is 18.8 Å². The highest BCUT2D eigenvalue weighted by Gasteiger charge is 2.56. The lowest BCUT2D eigenvalue weighted by Gasteiger charge is -2.43. The van der Waals surface area contributed by atoms with E-state index < -0.39 is 17.7 Å². The Morgan fingerprint density at radius 1 is 1.25 bits per heavy atom. The van der Waals surface area contributed by atoms with Crippen molar-refractivity contribution in [2.75, 3.05) is 13.2 Å². The third kappa shape index (κ3) is 4.02. The number of amides is 3. The smallest absolute Gasteiger partial charge is 0.325 e. The molecule has 2 aliphatic rings. The molecule has 1 spiro atoms. The number of β-amino-alcohol motifs (C(OH)–C–C–N with tert-alkyl or cyclic N) is 1. The minimum absolute atomic E-state index is 0.0132. The monoisotopic (exact) mass is 388 g/mol. The van der Waals surface area contributed by atoms with Gasteiger partial charge in [-0.2, -0.15) is 0 Å². The van der Waals surface area contributed by atoms with Crippen molar-refractivity contribution in [2.45, 2.75) is 65.5 Å². The Hall–Kier alpha value is -2.08. The van der Waals surface area contributed by atoms with E-state index in [1.165, 1.54) is 0 Å². The van der Waals surface area contributed by atoms with Crippen molar-refractivity contribution >= 4 is 11.9 Å². The number of nitrogens with zero attached hydrogens (tertiary/aromatic N) is 1. The molecule has 3 rings (SSSR count). The summed E-state index contributed by atoms with van der Waals surface area (Å²) in [7, 11) is 0. The number of aliphatic hydroxyl groups excluding tert-OH is 1. The molecule has 3 amide bonds. The van der Waals surface area contributed by atoms with Gasteiger partial charge in [0.2, 0.25) is 0 Å². The third-order valence-corrected chi connectivity index (χ3v) is 5.85. The van der Waals surface area contributed by atoms with Crippen molar-refractivity contribution in [1.29, 1.82) is 0 Å². The van der Waals surface area contributed by atoms with Gasteiger partial charge < -0.3 is 15.2 Å². The van der Waals surface area contributed by atoms with Crippen LogP contribution in [0.4, 0.5) is 4.79 Å². The number of para-hydroxylation sites is 1. The molecule has 1 saturated carbocycles. The average molecular weight is 389 g/mol. The Labute approximate surface area is 167 Å². The zero-order chi connectivity index (χ0) is 20.7. The van der Waals surface area contributed by atoms with Gasteiger partial charge in [0.05, 0.1) is 6.54 Å². The summed E-state index contributed by atoms with van der Waals surface area (Å²) in [4.78, 5) is 26.8. The van der Waals surface area contributed by atoms with Gasteiger partial charge in [-0.1, -0.05) is 39.0 Å². The summed E-state index contributed by atoms with van der Waals surface area (Å²) in [6.07, 6.45) is 1.36. The fourth-order valence-electron chi connectivity index (χ4n) is 5.14. The first-order chi connectivity index (χ1) is 13.0. The van der Waals surface area contributed by atoms with Gasteiger partial charge in [0.15, 0.2) is 0 Å². The van der Waals surface area contributed by atoms with Crippen LogP contribution < -0.4 is 10.1 Å². The summed E-state index contributed by atoms with van der Waals surface area (Å²) in [5.41, 5.74) is 1.12. The maximum atomic E-state index is 13.1. The number of rotatable bonds is 5. The lowest BCUT2D eigenvalue weighted by Crippen LogP contribution is -2.54. The van der Waals surface area contributed by atoms with Crippen molar-refractivity contribution in [3.05, 3.63) is 29.3 Å². The van der Waals surface area contributed by atoms with Crippen molar-refractivity contribution in [1.82, 2.24) is 10.2 Å². The number of benzene rings is 1. The summed E-state index contributed by atoms with van der Waals surface area (Å²) in [6.45, 7) is 10.3. The van der Waals surface area contributed by atoms with E-state index in [1.807, 2.05) is 32.0 Å². The van der Waals surface area contributed by atoms with Gasteiger partial charge in [0.25, 0.3) is 5.91 Å². The lowest BCUT2D eigenvalue weighted by atomic mass is 9.64. The molecule has 0 aromatic heterocycles. The zero-order valence-electron chi connectivity index (χ0n) is 17.5. The van der Waals surface area contributed by atoms with Crippen molar-refractivity contribution in [3.63, 3.8) is 0 Å². The van der Waals surface area contributed by atoms with Crippen LogP contribution in [0.2, 0.25) is 0 Å². The third-order valence-electron chi connectivity index (χ3n) is 5.85. The molecule has 2 fully saturated rings. The number of hydrogen-bond donors (Lipinski definition) is 2. The molecule has 1 heterocycles. The highest BCUT2D eigenvalue weighted by atomic mass is 16.5. The number of aryl methyl sites for hydroxylation is 2. The lowest BCUT2D eigenvalue weighted by molar-refractivity contribution is -0.135. The predicted octanol–water partition coefficient (Wildman–Crippen LogP) is 3.18. The van der Waals surface area contributed by atoms with Crippen LogP contribution in [0.1, 0.15) is 51.2 Å². The number of ether oxygens (including phenoxy) is 1. The van der Waals surface area contributed by atoms with E-state index in [2.05, 4.69) is 26.1 Å². The second-order valence-electron chi connectivity index (χ2n) is 9.47. The van der Waals surface area contributed by atoms with Crippen LogP contribution in [0.15, 0.2) is 18.2 Å². The van der Waals surface area contributed by atoms with Crippen molar-refractivity contribution < 1.29 is 19.4 Å². The Kier molecular flexibility index (Phi) is 5.45. The number of urea groups is 1. The number of aliphatic hydroxyl groups is 1. The molecule has 1 saturated heterocycles. The second-order valence-corrected chi connectivity index (χ2v) is 9.47. The highest BCUT2D eigenvalue weighted by Crippen LogP contribution is 2.46. The quantitative estimate of drug-likeness (QED) is 0.760. The first kappa shape index (κ1) is 20.6. The Morgan fingerprint density at radius 2 is 1.89 bits per heavy atom. The SMILES string of the molecule is Cc1cccc(C)c1OCC(O)CN1C(=O)NC2(CC(C)CC(C)(C)C2)C1=O. The van der Waals surface area contributed by atoms with Crippen molar-refractivity contribution in [2.24, 2.45) is 11.3 Å². The molecular formula is C22H32N2O4. The molecule has 1 aromatic carbocycles. The Bertz CT molecular complexity index is 756. The molecule has 3 unspecified atom stereocenters. The Balaban J connectivity index is 1.66. The topological polar surface area (TPSA) is 78.9 Å². The minimum Gasteiger partial charge on any atom is -0.490 e. The van der Waals surface area contributed by atoms with E-state index in [-0.39, 0.29) is 24.5 Å². The normalized spacial score (nSPS) is 27.8. The average Bonchev–Trinajstić information content (AvgIpc) is 2.76. The summed E-state index contributed by atoms with van der Waals surface area (Å²) < 4.78 is 5.78.